The number of halogens is 4. The minimum absolute atomic E-state index is 0.0363. The van der Waals surface area contributed by atoms with Crippen LogP contribution in [0.5, 0.6) is 0 Å². The van der Waals surface area contributed by atoms with E-state index in [-0.39, 0.29) is 10.2 Å². The van der Waals surface area contributed by atoms with Crippen LogP contribution in [0.4, 0.5) is 13.2 Å². The van der Waals surface area contributed by atoms with Crippen molar-refractivity contribution in [1.82, 2.24) is 5.32 Å². The zero-order valence-electron chi connectivity index (χ0n) is 6.69. The Bertz CT molecular complexity index is 334. The molecule has 0 aliphatic heterocycles. The van der Waals surface area contributed by atoms with Crippen LogP contribution >= 0.6 is 15.9 Å². The fraction of sp³-hybridized carbons (Fsp3) is 0.286. The predicted molar refractivity (Wildman–Crippen MR) is 44.8 cm³/mol. The fourth-order valence-corrected chi connectivity index (χ4v) is 1.15. The number of carbonyl (C=O) groups is 1. The maximum Gasteiger partial charge on any atom is 0.405 e. The van der Waals surface area contributed by atoms with Crippen LogP contribution in [0.25, 0.3) is 0 Å². The molecule has 0 aliphatic rings. The Labute approximate surface area is 85.4 Å². The first-order chi connectivity index (χ1) is 6.40. The van der Waals surface area contributed by atoms with Crippen molar-refractivity contribution in [2.24, 2.45) is 0 Å². The molecule has 1 aromatic rings. The minimum atomic E-state index is -4.41. The lowest BCUT2D eigenvalue weighted by Gasteiger charge is -2.06. The minimum Gasteiger partial charge on any atom is -0.457 e. The van der Waals surface area contributed by atoms with Gasteiger partial charge in [-0.2, -0.15) is 13.2 Å². The predicted octanol–water partition coefficient (Wildman–Crippen LogP) is 2.33. The number of hydrogen-bond acceptors (Lipinski definition) is 2. The first-order valence-corrected chi connectivity index (χ1v) is 4.27. The fourth-order valence-electron chi connectivity index (χ4n) is 0.731. The second-order valence-corrected chi connectivity index (χ2v) is 3.13. The van der Waals surface area contributed by atoms with Gasteiger partial charge >= 0.3 is 6.18 Å². The van der Waals surface area contributed by atoms with Crippen molar-refractivity contribution in [1.29, 1.82) is 0 Å². The molecule has 78 valence electrons. The highest BCUT2D eigenvalue weighted by Crippen LogP contribution is 2.18. The third-order valence-corrected chi connectivity index (χ3v) is 1.93. The largest absolute Gasteiger partial charge is 0.457 e. The molecule has 1 amide bonds. The van der Waals surface area contributed by atoms with Gasteiger partial charge in [-0.25, -0.2) is 0 Å². The molecule has 14 heavy (non-hydrogen) atoms. The van der Waals surface area contributed by atoms with Gasteiger partial charge in [0.15, 0.2) is 4.67 Å². The summed E-state index contributed by atoms with van der Waals surface area (Å²) in [6.45, 7) is -1.36. The van der Waals surface area contributed by atoms with Gasteiger partial charge in [-0.05, 0) is 22.0 Å². The highest BCUT2D eigenvalue weighted by molar-refractivity contribution is 9.10. The third-order valence-electron chi connectivity index (χ3n) is 1.31. The van der Waals surface area contributed by atoms with Crippen LogP contribution in [-0.2, 0) is 0 Å². The average molecular weight is 272 g/mol. The Hall–Kier alpha value is -0.980. The maximum atomic E-state index is 11.7. The van der Waals surface area contributed by atoms with Crippen LogP contribution in [0.15, 0.2) is 21.4 Å². The van der Waals surface area contributed by atoms with Crippen LogP contribution in [0.3, 0.4) is 0 Å². The first kappa shape index (κ1) is 11.1. The third kappa shape index (κ3) is 3.06. The number of amides is 1. The van der Waals surface area contributed by atoms with Crippen LogP contribution in [-0.4, -0.2) is 18.6 Å². The molecule has 0 aliphatic carbocycles. The Morgan fingerprint density at radius 3 is 2.64 bits per heavy atom. The monoisotopic (exact) mass is 271 g/mol. The standard InChI is InChI=1S/C7H5BrF3NO2/c8-5-4(1-2-14-5)6(13)12-3-7(9,10)11/h1-2H,3H2,(H,12,13). The van der Waals surface area contributed by atoms with Crippen LogP contribution in [0.1, 0.15) is 10.4 Å². The molecule has 0 saturated heterocycles. The maximum absolute atomic E-state index is 11.7. The SMILES string of the molecule is O=C(NCC(F)(F)F)c1ccoc1Br. The van der Waals surface area contributed by atoms with Gasteiger partial charge in [-0.1, -0.05) is 0 Å². The van der Waals surface area contributed by atoms with Gasteiger partial charge < -0.3 is 9.73 Å². The van der Waals surface area contributed by atoms with Gasteiger partial charge in [0, 0.05) is 0 Å². The van der Waals surface area contributed by atoms with Crippen molar-refractivity contribution in [2.45, 2.75) is 6.18 Å². The van der Waals surface area contributed by atoms with E-state index < -0.39 is 18.6 Å². The molecule has 0 saturated carbocycles. The highest BCUT2D eigenvalue weighted by Gasteiger charge is 2.28. The lowest BCUT2D eigenvalue weighted by atomic mass is 10.3. The van der Waals surface area contributed by atoms with Gasteiger partial charge in [0.2, 0.25) is 0 Å². The number of furan rings is 1. The van der Waals surface area contributed by atoms with Gasteiger partial charge in [0.1, 0.15) is 6.54 Å². The lowest BCUT2D eigenvalue weighted by Crippen LogP contribution is -2.33. The van der Waals surface area contributed by atoms with E-state index >= 15 is 0 Å². The summed E-state index contributed by atoms with van der Waals surface area (Å²) in [5.41, 5.74) is 0.0363. The Morgan fingerprint density at radius 1 is 1.57 bits per heavy atom. The van der Waals surface area contributed by atoms with Crippen LogP contribution in [0, 0.1) is 0 Å². The Balaban J connectivity index is 2.56. The van der Waals surface area contributed by atoms with E-state index in [4.69, 9.17) is 4.42 Å². The zero-order chi connectivity index (χ0) is 10.8. The summed E-state index contributed by atoms with van der Waals surface area (Å²) in [4.78, 5) is 11.1. The molecule has 0 unspecified atom stereocenters. The van der Waals surface area contributed by atoms with E-state index in [9.17, 15) is 18.0 Å². The molecule has 1 heterocycles. The van der Waals surface area contributed by atoms with Gasteiger partial charge in [0.25, 0.3) is 5.91 Å². The van der Waals surface area contributed by atoms with E-state index in [1.807, 2.05) is 0 Å². The van der Waals surface area contributed by atoms with Crippen molar-refractivity contribution in [3.63, 3.8) is 0 Å². The van der Waals surface area contributed by atoms with Crippen LogP contribution in [0.2, 0.25) is 0 Å². The van der Waals surface area contributed by atoms with Gasteiger partial charge in [-0.15, -0.1) is 0 Å². The molecule has 7 heteroatoms. The molecule has 0 bridgehead atoms. The second-order valence-electron chi connectivity index (χ2n) is 2.41. The number of rotatable bonds is 2. The Kier molecular flexibility index (Phi) is 3.20. The van der Waals surface area contributed by atoms with Gasteiger partial charge in [-0.3, -0.25) is 4.79 Å². The van der Waals surface area contributed by atoms with Crippen LogP contribution < -0.4 is 5.32 Å². The number of hydrogen-bond donors (Lipinski definition) is 1. The molecular formula is C7H5BrF3NO2. The Morgan fingerprint density at radius 2 is 2.21 bits per heavy atom. The molecule has 0 aromatic carbocycles. The summed E-state index contributed by atoms with van der Waals surface area (Å²) in [6.07, 6.45) is -3.21. The van der Waals surface area contributed by atoms with E-state index in [0.717, 1.165) is 0 Å². The molecule has 0 radical (unpaired) electrons. The van der Waals surface area contributed by atoms with Gasteiger partial charge in [0.05, 0.1) is 11.8 Å². The number of nitrogens with one attached hydrogen (secondary N) is 1. The molecular weight excluding hydrogens is 267 g/mol. The van der Waals surface area contributed by atoms with Crippen molar-refractivity contribution >= 4 is 21.8 Å². The number of alkyl halides is 3. The van der Waals surface area contributed by atoms with E-state index in [2.05, 4.69) is 15.9 Å². The molecule has 1 aromatic heterocycles. The van der Waals surface area contributed by atoms with Crippen molar-refractivity contribution < 1.29 is 22.4 Å². The topological polar surface area (TPSA) is 42.2 Å². The summed E-state index contributed by atoms with van der Waals surface area (Å²) in [6, 6.07) is 1.27. The normalized spacial score (nSPS) is 11.4. The smallest absolute Gasteiger partial charge is 0.405 e. The molecule has 0 atom stereocenters. The second kappa shape index (κ2) is 4.04. The zero-order valence-corrected chi connectivity index (χ0v) is 8.28. The summed E-state index contributed by atoms with van der Waals surface area (Å²) in [5, 5.41) is 1.71. The molecule has 3 nitrogen and oxygen atoms in total. The summed E-state index contributed by atoms with van der Waals surface area (Å²) in [5.74, 6) is -0.831. The lowest BCUT2D eigenvalue weighted by molar-refractivity contribution is -0.123. The summed E-state index contributed by atoms with van der Waals surface area (Å²) >= 11 is 2.88. The highest BCUT2D eigenvalue weighted by atomic mass is 79.9. The number of carbonyl (C=O) groups excluding carboxylic acids is 1. The molecule has 0 spiro atoms. The van der Waals surface area contributed by atoms with E-state index in [0.29, 0.717) is 0 Å². The van der Waals surface area contributed by atoms with E-state index in [1.54, 1.807) is 5.32 Å². The van der Waals surface area contributed by atoms with Crippen molar-refractivity contribution in [3.8, 4) is 0 Å². The summed E-state index contributed by atoms with van der Waals surface area (Å²) < 4.78 is 39.9. The molecule has 0 fully saturated rings. The first-order valence-electron chi connectivity index (χ1n) is 3.48. The quantitative estimate of drug-likeness (QED) is 0.897. The van der Waals surface area contributed by atoms with Crippen molar-refractivity contribution in [3.05, 3.63) is 22.6 Å². The molecule has 1 rings (SSSR count). The van der Waals surface area contributed by atoms with E-state index in [1.165, 1.54) is 12.3 Å². The molecule has 1 N–H and O–H groups in total. The van der Waals surface area contributed by atoms with Crippen molar-refractivity contribution in [2.75, 3.05) is 6.54 Å². The average Bonchev–Trinajstić information content (AvgIpc) is 2.46. The summed E-state index contributed by atoms with van der Waals surface area (Å²) in [7, 11) is 0.